The zero-order chi connectivity index (χ0) is 13.8. The zero-order valence-corrected chi connectivity index (χ0v) is 12.1. The van der Waals surface area contributed by atoms with Crippen molar-refractivity contribution in [2.75, 3.05) is 13.1 Å². The monoisotopic (exact) mass is 254 g/mol. The van der Waals surface area contributed by atoms with Gasteiger partial charge in [0.15, 0.2) is 5.96 Å². The van der Waals surface area contributed by atoms with Crippen molar-refractivity contribution < 1.29 is 4.79 Å². The minimum Gasteiger partial charge on any atom is -0.357 e. The van der Waals surface area contributed by atoms with Gasteiger partial charge in [0.05, 0.1) is 0 Å². The third-order valence-corrected chi connectivity index (χ3v) is 2.67. The predicted octanol–water partition coefficient (Wildman–Crippen LogP) is 0.865. The Morgan fingerprint density at radius 1 is 1.39 bits per heavy atom. The Bertz CT molecular complexity index is 319. The largest absolute Gasteiger partial charge is 0.357 e. The maximum atomic E-state index is 11.7. The summed E-state index contributed by atoms with van der Waals surface area (Å²) in [5, 5.41) is 9.36. The Morgan fingerprint density at radius 3 is 2.44 bits per heavy atom. The number of hydrogen-bond acceptors (Lipinski definition) is 2. The molecule has 2 unspecified atom stereocenters. The van der Waals surface area contributed by atoms with Crippen LogP contribution in [-0.2, 0) is 4.79 Å². The van der Waals surface area contributed by atoms with Crippen LogP contribution < -0.4 is 16.0 Å². The smallest absolute Gasteiger partial charge is 0.242 e. The van der Waals surface area contributed by atoms with E-state index < -0.39 is 0 Å². The van der Waals surface area contributed by atoms with E-state index in [0.717, 1.165) is 12.5 Å². The van der Waals surface area contributed by atoms with Crippen molar-refractivity contribution in [3.8, 4) is 0 Å². The summed E-state index contributed by atoms with van der Waals surface area (Å²) in [5.74, 6) is 1.39. The number of hydrogen-bond donors (Lipinski definition) is 3. The normalized spacial score (nSPS) is 23.5. The molecule has 0 heterocycles. The van der Waals surface area contributed by atoms with Gasteiger partial charge in [-0.2, -0.15) is 0 Å². The van der Waals surface area contributed by atoms with E-state index in [1.54, 1.807) is 0 Å². The lowest BCUT2D eigenvalue weighted by Crippen LogP contribution is -2.43. The van der Waals surface area contributed by atoms with Crippen LogP contribution in [0.5, 0.6) is 0 Å². The van der Waals surface area contributed by atoms with E-state index >= 15 is 0 Å². The molecule has 1 saturated carbocycles. The Hall–Kier alpha value is -1.26. The molecule has 18 heavy (non-hydrogen) atoms. The highest BCUT2D eigenvalue weighted by Gasteiger charge is 2.33. The van der Waals surface area contributed by atoms with E-state index in [9.17, 15) is 4.79 Å². The Labute approximate surface area is 110 Å². The van der Waals surface area contributed by atoms with Crippen molar-refractivity contribution >= 4 is 11.9 Å². The van der Waals surface area contributed by atoms with Crippen molar-refractivity contribution in [3.05, 3.63) is 0 Å². The van der Waals surface area contributed by atoms with Crippen LogP contribution in [0, 0.1) is 5.92 Å². The van der Waals surface area contributed by atoms with E-state index in [0.29, 0.717) is 12.0 Å². The minimum atomic E-state index is -0.205. The van der Waals surface area contributed by atoms with Gasteiger partial charge in [0.25, 0.3) is 0 Å². The molecule has 5 heteroatoms. The van der Waals surface area contributed by atoms with Gasteiger partial charge >= 0.3 is 0 Å². The molecule has 104 valence electrons. The first kappa shape index (κ1) is 14.8. The van der Waals surface area contributed by atoms with Crippen molar-refractivity contribution in [1.82, 2.24) is 16.0 Å². The van der Waals surface area contributed by atoms with Gasteiger partial charge in [-0.15, -0.1) is 0 Å². The van der Waals surface area contributed by atoms with Gasteiger partial charge in [0, 0.05) is 18.1 Å². The number of aliphatic imine (C=N–C) groups is 1. The SMILES string of the molecule is CCNC(=NCC(=O)NC(C)(C)C)NC1CC1C. The lowest BCUT2D eigenvalue weighted by Gasteiger charge is -2.20. The molecule has 0 saturated heterocycles. The van der Waals surface area contributed by atoms with E-state index in [1.807, 2.05) is 27.7 Å². The predicted molar refractivity (Wildman–Crippen MR) is 74.6 cm³/mol. The molecular formula is C13H26N4O. The molecule has 0 spiro atoms. The molecule has 2 atom stereocenters. The van der Waals surface area contributed by atoms with Crippen LogP contribution in [0.15, 0.2) is 4.99 Å². The van der Waals surface area contributed by atoms with E-state index in [-0.39, 0.29) is 18.0 Å². The highest BCUT2D eigenvalue weighted by Crippen LogP contribution is 2.28. The Kier molecular flexibility index (Phi) is 4.99. The van der Waals surface area contributed by atoms with Gasteiger partial charge < -0.3 is 16.0 Å². The summed E-state index contributed by atoms with van der Waals surface area (Å²) in [7, 11) is 0. The highest BCUT2D eigenvalue weighted by molar-refractivity contribution is 5.85. The van der Waals surface area contributed by atoms with Gasteiger partial charge in [-0.05, 0) is 40.0 Å². The second-order valence-electron chi connectivity index (χ2n) is 5.96. The van der Waals surface area contributed by atoms with Gasteiger partial charge in [-0.3, -0.25) is 4.79 Å². The average Bonchev–Trinajstić information content (AvgIpc) is 2.88. The van der Waals surface area contributed by atoms with Crippen LogP contribution in [0.1, 0.15) is 41.0 Å². The van der Waals surface area contributed by atoms with E-state index in [2.05, 4.69) is 27.9 Å². The minimum absolute atomic E-state index is 0.0523. The third kappa shape index (κ3) is 5.89. The second-order valence-corrected chi connectivity index (χ2v) is 5.96. The number of carbonyl (C=O) groups excluding carboxylic acids is 1. The van der Waals surface area contributed by atoms with Crippen molar-refractivity contribution in [2.24, 2.45) is 10.9 Å². The molecular weight excluding hydrogens is 228 g/mol. The van der Waals surface area contributed by atoms with Crippen molar-refractivity contribution in [1.29, 1.82) is 0 Å². The van der Waals surface area contributed by atoms with Crippen LogP contribution in [0.3, 0.4) is 0 Å². The van der Waals surface area contributed by atoms with Crippen molar-refractivity contribution in [3.63, 3.8) is 0 Å². The molecule has 1 fully saturated rings. The molecule has 1 aliphatic carbocycles. The van der Waals surface area contributed by atoms with Gasteiger partial charge in [0.2, 0.25) is 5.91 Å². The average molecular weight is 254 g/mol. The van der Waals surface area contributed by atoms with Gasteiger partial charge in [-0.25, -0.2) is 4.99 Å². The van der Waals surface area contributed by atoms with Gasteiger partial charge in [-0.1, -0.05) is 6.92 Å². The molecule has 3 N–H and O–H groups in total. The molecule has 0 aromatic carbocycles. The molecule has 1 aliphatic rings. The molecule has 0 bridgehead atoms. The molecule has 0 radical (unpaired) electrons. The second kappa shape index (κ2) is 6.07. The summed E-state index contributed by atoms with van der Waals surface area (Å²) in [6.45, 7) is 11.1. The first-order chi connectivity index (χ1) is 8.31. The van der Waals surface area contributed by atoms with E-state index in [1.165, 1.54) is 6.42 Å². The van der Waals surface area contributed by atoms with Crippen LogP contribution in [-0.4, -0.2) is 36.5 Å². The molecule has 5 nitrogen and oxygen atoms in total. The standard InChI is InChI=1S/C13H26N4O/c1-6-14-12(16-10-7-9(10)2)15-8-11(18)17-13(3,4)5/h9-10H,6-8H2,1-5H3,(H,17,18)(H2,14,15,16). The molecule has 0 aromatic rings. The first-order valence-electron chi connectivity index (χ1n) is 6.67. The Balaban J connectivity index is 2.41. The highest BCUT2D eigenvalue weighted by atomic mass is 16.2. The zero-order valence-electron chi connectivity index (χ0n) is 12.1. The fraction of sp³-hybridized carbons (Fsp3) is 0.846. The molecule has 1 rings (SSSR count). The number of nitrogens with one attached hydrogen (secondary N) is 3. The number of carbonyl (C=O) groups is 1. The third-order valence-electron chi connectivity index (χ3n) is 2.67. The maximum Gasteiger partial charge on any atom is 0.242 e. The number of rotatable bonds is 4. The first-order valence-corrected chi connectivity index (χ1v) is 6.67. The quantitative estimate of drug-likeness (QED) is 0.515. The molecule has 1 amide bonds. The van der Waals surface area contributed by atoms with E-state index in [4.69, 9.17) is 0 Å². The topological polar surface area (TPSA) is 65.5 Å². The van der Waals surface area contributed by atoms with Crippen LogP contribution in [0.2, 0.25) is 0 Å². The summed E-state index contributed by atoms with van der Waals surface area (Å²) in [6, 6.07) is 0.508. The number of guanidine groups is 1. The molecule has 0 aromatic heterocycles. The fourth-order valence-corrected chi connectivity index (χ4v) is 1.63. The van der Waals surface area contributed by atoms with Gasteiger partial charge in [0.1, 0.15) is 6.54 Å². The summed E-state index contributed by atoms with van der Waals surface area (Å²) in [4.78, 5) is 16.0. The Morgan fingerprint density at radius 2 is 2.00 bits per heavy atom. The fourth-order valence-electron chi connectivity index (χ4n) is 1.63. The van der Waals surface area contributed by atoms with Crippen molar-refractivity contribution in [2.45, 2.75) is 52.6 Å². The van der Waals surface area contributed by atoms with Crippen LogP contribution >= 0.6 is 0 Å². The lowest BCUT2D eigenvalue weighted by atomic mass is 10.1. The summed E-state index contributed by atoms with van der Waals surface area (Å²) in [5.41, 5.74) is -0.205. The summed E-state index contributed by atoms with van der Waals surface area (Å²) >= 11 is 0. The number of nitrogens with zero attached hydrogens (tertiary/aromatic N) is 1. The van der Waals surface area contributed by atoms with Crippen LogP contribution in [0.25, 0.3) is 0 Å². The number of amides is 1. The molecule has 0 aliphatic heterocycles. The summed E-state index contributed by atoms with van der Waals surface area (Å²) in [6.07, 6.45) is 1.18. The lowest BCUT2D eigenvalue weighted by molar-refractivity contribution is -0.121. The summed E-state index contributed by atoms with van der Waals surface area (Å²) < 4.78 is 0. The van der Waals surface area contributed by atoms with Crippen LogP contribution in [0.4, 0.5) is 0 Å². The maximum absolute atomic E-state index is 11.7.